The van der Waals surface area contributed by atoms with Gasteiger partial charge in [0.25, 0.3) is 17.4 Å². The Morgan fingerprint density at radius 3 is 2.57 bits per heavy atom. The molecule has 0 aliphatic rings. The average molecular weight is 403 g/mol. The molecule has 4 rings (SSSR count). The molecule has 0 unspecified atom stereocenters. The summed E-state index contributed by atoms with van der Waals surface area (Å²) in [6, 6.07) is 15.0. The van der Waals surface area contributed by atoms with E-state index in [1.807, 2.05) is 18.2 Å². The first-order chi connectivity index (χ1) is 14.5. The summed E-state index contributed by atoms with van der Waals surface area (Å²) in [5, 5.41) is 1.18. The summed E-state index contributed by atoms with van der Waals surface area (Å²) in [6.07, 6.45) is 0. The minimum Gasteiger partial charge on any atom is -0.307 e. The van der Waals surface area contributed by atoms with Gasteiger partial charge >= 0.3 is 5.69 Å². The second-order valence-corrected chi connectivity index (χ2v) is 6.54. The van der Waals surface area contributed by atoms with Crippen molar-refractivity contribution in [2.24, 2.45) is 0 Å². The van der Waals surface area contributed by atoms with E-state index in [0.29, 0.717) is 5.52 Å². The van der Waals surface area contributed by atoms with Gasteiger partial charge in [0.1, 0.15) is 5.69 Å². The van der Waals surface area contributed by atoms with Crippen LogP contribution in [0.25, 0.3) is 21.8 Å². The van der Waals surface area contributed by atoms with E-state index < -0.39 is 23.1 Å². The number of H-pyrrole nitrogens is 1. The number of aromatic amines is 1. The van der Waals surface area contributed by atoms with Crippen LogP contribution in [0.15, 0.2) is 64.2 Å². The van der Waals surface area contributed by atoms with E-state index in [0.717, 1.165) is 9.95 Å². The maximum absolute atomic E-state index is 12.4. The molecule has 0 aliphatic heterocycles. The van der Waals surface area contributed by atoms with Gasteiger partial charge < -0.3 is 4.98 Å². The highest BCUT2D eigenvalue weighted by molar-refractivity contribution is 6.00. The third-order valence-corrected chi connectivity index (χ3v) is 4.68. The zero-order valence-electron chi connectivity index (χ0n) is 15.9. The van der Waals surface area contributed by atoms with Crippen molar-refractivity contribution in [2.45, 2.75) is 13.5 Å². The van der Waals surface area contributed by atoms with Gasteiger partial charge in [0.05, 0.1) is 16.4 Å². The normalized spacial score (nSPS) is 10.8. The van der Waals surface area contributed by atoms with Crippen molar-refractivity contribution in [1.82, 2.24) is 25.4 Å². The predicted octanol–water partition coefficient (Wildman–Crippen LogP) is 1.33. The Balaban J connectivity index is 1.53. The molecular weight excluding hydrogens is 386 g/mol. The van der Waals surface area contributed by atoms with Crippen molar-refractivity contribution in [3.8, 4) is 0 Å². The van der Waals surface area contributed by atoms with E-state index in [9.17, 15) is 19.2 Å². The molecule has 0 fully saturated rings. The summed E-state index contributed by atoms with van der Waals surface area (Å²) >= 11 is 0. The zero-order valence-corrected chi connectivity index (χ0v) is 15.9. The van der Waals surface area contributed by atoms with E-state index >= 15 is 0 Å². The van der Waals surface area contributed by atoms with Crippen molar-refractivity contribution in [3.05, 3.63) is 86.7 Å². The smallest absolute Gasteiger partial charge is 0.307 e. The minimum atomic E-state index is -0.605. The maximum Gasteiger partial charge on any atom is 0.328 e. The number of aromatic nitrogens is 3. The van der Waals surface area contributed by atoms with Crippen molar-refractivity contribution in [3.63, 3.8) is 0 Å². The van der Waals surface area contributed by atoms with Crippen LogP contribution in [0.2, 0.25) is 0 Å². The molecule has 0 saturated heterocycles. The lowest BCUT2D eigenvalue weighted by atomic mass is 10.1. The summed E-state index contributed by atoms with van der Waals surface area (Å²) in [5.41, 5.74) is 4.85. The van der Waals surface area contributed by atoms with Crippen LogP contribution in [0.1, 0.15) is 27.8 Å². The molecule has 0 radical (unpaired) electrons. The monoisotopic (exact) mass is 403 g/mol. The molecule has 2 aromatic heterocycles. The Morgan fingerprint density at radius 2 is 1.77 bits per heavy atom. The van der Waals surface area contributed by atoms with Gasteiger partial charge in [0.15, 0.2) is 0 Å². The Kier molecular flexibility index (Phi) is 4.85. The van der Waals surface area contributed by atoms with E-state index in [1.165, 1.54) is 18.2 Å². The molecular formula is C21H17N5O4. The number of carbonyl (C=O) groups is 2. The molecule has 2 heterocycles. The summed E-state index contributed by atoms with van der Waals surface area (Å²) in [4.78, 5) is 55.8. The minimum absolute atomic E-state index is 0.150. The third kappa shape index (κ3) is 3.44. The fourth-order valence-electron chi connectivity index (χ4n) is 3.13. The van der Waals surface area contributed by atoms with Crippen molar-refractivity contribution in [2.75, 3.05) is 0 Å². The maximum atomic E-state index is 12.4. The number of rotatable bonds is 3. The topological polar surface area (TPSA) is 126 Å². The number of benzene rings is 2. The predicted molar refractivity (Wildman–Crippen MR) is 111 cm³/mol. The Bertz CT molecular complexity index is 1420. The number of hydrogen-bond donors (Lipinski definition) is 3. The van der Waals surface area contributed by atoms with Crippen LogP contribution in [-0.4, -0.2) is 26.3 Å². The highest BCUT2D eigenvalue weighted by Crippen LogP contribution is 2.12. The Labute approximate surface area is 169 Å². The van der Waals surface area contributed by atoms with Gasteiger partial charge in [0.2, 0.25) is 0 Å². The number of fused-ring (bicyclic) bond motifs is 2. The van der Waals surface area contributed by atoms with Crippen LogP contribution >= 0.6 is 0 Å². The Hall–Kier alpha value is -4.27. The molecule has 3 N–H and O–H groups in total. The van der Waals surface area contributed by atoms with E-state index in [4.69, 9.17) is 0 Å². The summed E-state index contributed by atoms with van der Waals surface area (Å²) in [7, 11) is 0. The number of hydrogen-bond acceptors (Lipinski definition) is 5. The van der Waals surface area contributed by atoms with Crippen LogP contribution in [-0.2, 0) is 6.54 Å². The number of nitrogens with zero attached hydrogens (tertiary/aromatic N) is 2. The largest absolute Gasteiger partial charge is 0.328 e. The van der Waals surface area contributed by atoms with Gasteiger partial charge in [-0.05, 0) is 37.3 Å². The van der Waals surface area contributed by atoms with Crippen LogP contribution in [0.5, 0.6) is 0 Å². The van der Waals surface area contributed by atoms with Gasteiger partial charge in [-0.2, -0.15) is 0 Å². The number of amides is 2. The molecule has 2 amide bonds. The van der Waals surface area contributed by atoms with Gasteiger partial charge in [-0.25, -0.2) is 9.78 Å². The van der Waals surface area contributed by atoms with E-state index in [2.05, 4.69) is 20.8 Å². The molecule has 9 nitrogen and oxygen atoms in total. The van der Waals surface area contributed by atoms with Crippen molar-refractivity contribution < 1.29 is 9.59 Å². The van der Waals surface area contributed by atoms with Crippen molar-refractivity contribution >= 4 is 33.6 Å². The molecule has 2 aromatic carbocycles. The summed E-state index contributed by atoms with van der Waals surface area (Å²) < 4.78 is 1.07. The first kappa shape index (κ1) is 19.1. The number of carbonyl (C=O) groups excluding carboxylic acids is 2. The number of hydrazine groups is 1. The summed E-state index contributed by atoms with van der Waals surface area (Å²) in [5.74, 6) is -1.18. The van der Waals surface area contributed by atoms with Crippen LogP contribution in [0, 0.1) is 0 Å². The lowest BCUT2D eigenvalue weighted by Gasteiger charge is -2.09. The molecule has 30 heavy (non-hydrogen) atoms. The first-order valence-corrected chi connectivity index (χ1v) is 9.21. The second kappa shape index (κ2) is 7.63. The Morgan fingerprint density at radius 1 is 1.00 bits per heavy atom. The van der Waals surface area contributed by atoms with Gasteiger partial charge in [-0.15, -0.1) is 0 Å². The van der Waals surface area contributed by atoms with Gasteiger partial charge in [-0.3, -0.25) is 29.8 Å². The van der Waals surface area contributed by atoms with E-state index in [1.54, 1.807) is 25.1 Å². The van der Waals surface area contributed by atoms with Crippen LogP contribution in [0.3, 0.4) is 0 Å². The molecule has 0 aliphatic carbocycles. The number of para-hydroxylation sites is 1. The molecule has 4 aromatic rings. The van der Waals surface area contributed by atoms with E-state index in [-0.39, 0.29) is 28.7 Å². The van der Waals surface area contributed by atoms with Crippen LogP contribution in [0.4, 0.5) is 0 Å². The molecule has 9 heteroatoms. The van der Waals surface area contributed by atoms with Crippen molar-refractivity contribution in [1.29, 1.82) is 0 Å². The fraction of sp³-hybridized carbons (Fsp3) is 0.0952. The van der Waals surface area contributed by atoms with Gasteiger partial charge in [0, 0.05) is 17.5 Å². The summed E-state index contributed by atoms with van der Waals surface area (Å²) in [6.45, 7) is 1.93. The third-order valence-electron chi connectivity index (χ3n) is 4.68. The average Bonchev–Trinajstić information content (AvgIpc) is 2.76. The lowest BCUT2D eigenvalue weighted by Crippen LogP contribution is -2.42. The van der Waals surface area contributed by atoms with Gasteiger partial charge in [-0.1, -0.05) is 24.3 Å². The number of pyridine rings is 1. The molecule has 0 atom stereocenters. The molecule has 0 spiro atoms. The SMILES string of the molecule is CCn1c(=O)[nH]c2cc(C(=O)NNC(=O)c3ccc4ccccc4n3)ccc2c1=O. The second-order valence-electron chi connectivity index (χ2n) is 6.54. The standard InChI is InChI=1S/C21H17N5O4/c1-2-26-20(29)14-9-7-13(11-17(14)23-21(26)30)18(27)24-25-19(28)16-10-8-12-5-3-4-6-15(12)22-16/h3-11H,2H2,1H3,(H,23,30)(H,24,27)(H,25,28). The molecule has 0 saturated carbocycles. The van der Waals surface area contributed by atoms with Crippen LogP contribution < -0.4 is 22.1 Å². The zero-order chi connectivity index (χ0) is 21.3. The number of nitrogens with one attached hydrogen (secondary N) is 3. The quantitative estimate of drug-likeness (QED) is 0.445. The lowest BCUT2D eigenvalue weighted by molar-refractivity contribution is 0.0844. The first-order valence-electron chi connectivity index (χ1n) is 9.21. The highest BCUT2D eigenvalue weighted by Gasteiger charge is 2.13. The fourth-order valence-corrected chi connectivity index (χ4v) is 3.13. The highest BCUT2D eigenvalue weighted by atomic mass is 16.2. The molecule has 0 bridgehead atoms. The molecule has 150 valence electrons.